The first-order valence-electron chi connectivity index (χ1n) is 7.36. The van der Waals surface area contributed by atoms with Crippen LogP contribution in [-0.4, -0.2) is 23.3 Å². The number of carbonyl (C=O) groups excluding carboxylic acids is 1. The molecule has 134 valence electrons. The summed E-state index contributed by atoms with van der Waals surface area (Å²) in [5.41, 5.74) is 9.96. The second-order valence-electron chi connectivity index (χ2n) is 6.12. The van der Waals surface area contributed by atoms with Crippen LogP contribution in [0.2, 0.25) is 0 Å². The number of aromatic nitrogens is 2. The lowest BCUT2D eigenvalue weighted by molar-refractivity contribution is 0.0596. The Bertz CT molecular complexity index is 868. The Morgan fingerprint density at radius 1 is 1.08 bits per heavy atom. The molecule has 3 aromatic rings. The van der Waals surface area contributed by atoms with Gasteiger partial charge in [0.1, 0.15) is 0 Å². The number of methoxy groups -OCH3 is 1. The monoisotopic (exact) mass is 381 g/mol. The van der Waals surface area contributed by atoms with Crippen molar-refractivity contribution >= 4 is 41.7 Å². The maximum absolute atomic E-state index is 11.8. The van der Waals surface area contributed by atoms with Gasteiger partial charge in [0.25, 0.3) is 0 Å². The molecule has 0 amide bonds. The van der Waals surface area contributed by atoms with Crippen LogP contribution in [0.4, 0.5) is 0 Å². The van der Waals surface area contributed by atoms with Gasteiger partial charge in [0.05, 0.1) is 12.6 Å². The second-order valence-corrected chi connectivity index (χ2v) is 6.12. The van der Waals surface area contributed by atoms with Crippen molar-refractivity contribution in [3.05, 3.63) is 53.7 Å². The van der Waals surface area contributed by atoms with Crippen LogP contribution >= 0.6 is 24.8 Å². The predicted octanol–water partition coefficient (Wildman–Crippen LogP) is 4.05. The largest absolute Gasteiger partial charge is 0.464 e. The Balaban J connectivity index is 0.00000156. The summed E-state index contributed by atoms with van der Waals surface area (Å²) in [7, 11) is 1.35. The van der Waals surface area contributed by atoms with Gasteiger partial charge in [-0.1, -0.05) is 30.3 Å². The Morgan fingerprint density at radius 3 is 2.24 bits per heavy atom. The molecule has 7 heteroatoms. The maximum Gasteiger partial charge on any atom is 0.359 e. The number of aromatic amines is 1. The van der Waals surface area contributed by atoms with Crippen LogP contribution in [0.25, 0.3) is 22.0 Å². The zero-order valence-electron chi connectivity index (χ0n) is 14.2. The first kappa shape index (κ1) is 21.0. The van der Waals surface area contributed by atoms with E-state index in [0.717, 1.165) is 27.6 Å². The number of halogens is 2. The molecule has 1 aromatic heterocycles. The van der Waals surface area contributed by atoms with Gasteiger partial charge in [-0.05, 0) is 42.7 Å². The molecule has 0 unspecified atom stereocenters. The first-order chi connectivity index (χ1) is 10.9. The lowest BCUT2D eigenvalue weighted by Gasteiger charge is -2.19. The van der Waals surface area contributed by atoms with Gasteiger partial charge in [0.2, 0.25) is 0 Å². The van der Waals surface area contributed by atoms with Crippen molar-refractivity contribution in [2.75, 3.05) is 7.11 Å². The third-order valence-electron chi connectivity index (χ3n) is 3.90. The number of ether oxygens (including phenoxy) is 1. The van der Waals surface area contributed by atoms with Gasteiger partial charge in [-0.2, -0.15) is 5.10 Å². The fraction of sp³-hybridized carbons (Fsp3) is 0.222. The molecule has 0 saturated heterocycles. The molecule has 0 spiro atoms. The highest BCUT2D eigenvalue weighted by Gasteiger charge is 2.16. The molecule has 2 aromatic carbocycles. The smallest absolute Gasteiger partial charge is 0.359 e. The van der Waals surface area contributed by atoms with E-state index in [1.807, 2.05) is 56.3 Å². The molecule has 0 aliphatic carbocycles. The fourth-order valence-electron chi connectivity index (χ4n) is 2.54. The number of esters is 1. The van der Waals surface area contributed by atoms with Crippen molar-refractivity contribution in [3.8, 4) is 11.1 Å². The van der Waals surface area contributed by atoms with Gasteiger partial charge < -0.3 is 10.5 Å². The van der Waals surface area contributed by atoms with Crippen molar-refractivity contribution in [1.29, 1.82) is 0 Å². The summed E-state index contributed by atoms with van der Waals surface area (Å²) in [4.78, 5) is 11.8. The number of rotatable bonds is 3. The molecular weight excluding hydrogens is 361 g/mol. The molecule has 0 radical (unpaired) electrons. The van der Waals surface area contributed by atoms with Crippen molar-refractivity contribution in [3.63, 3.8) is 0 Å². The molecule has 0 bridgehead atoms. The van der Waals surface area contributed by atoms with Crippen LogP contribution in [0.15, 0.2) is 42.5 Å². The highest BCUT2D eigenvalue weighted by molar-refractivity contribution is 6.03. The van der Waals surface area contributed by atoms with Crippen molar-refractivity contribution in [2.45, 2.75) is 19.4 Å². The SMILES string of the molecule is COC(=O)c1n[nH]c2ccc(-c3ccc(C(C)(C)N)cc3)cc12.Cl.Cl. The average molecular weight is 382 g/mol. The molecule has 25 heavy (non-hydrogen) atoms. The third-order valence-corrected chi connectivity index (χ3v) is 3.90. The van der Waals surface area contributed by atoms with Crippen LogP contribution in [0.1, 0.15) is 29.9 Å². The average Bonchev–Trinajstić information content (AvgIpc) is 2.96. The fourth-order valence-corrected chi connectivity index (χ4v) is 2.54. The van der Waals surface area contributed by atoms with Gasteiger partial charge in [0, 0.05) is 10.9 Å². The van der Waals surface area contributed by atoms with Gasteiger partial charge in [-0.15, -0.1) is 24.8 Å². The van der Waals surface area contributed by atoms with E-state index in [1.165, 1.54) is 7.11 Å². The first-order valence-corrected chi connectivity index (χ1v) is 7.36. The van der Waals surface area contributed by atoms with Crippen LogP contribution < -0.4 is 5.73 Å². The number of nitrogens with zero attached hydrogens (tertiary/aromatic N) is 1. The Labute approximate surface area is 158 Å². The number of nitrogens with one attached hydrogen (secondary N) is 1. The van der Waals surface area contributed by atoms with Crippen molar-refractivity contribution in [2.24, 2.45) is 5.73 Å². The Kier molecular flexibility index (Phi) is 6.60. The van der Waals surface area contributed by atoms with Gasteiger partial charge in [-0.3, -0.25) is 5.10 Å². The summed E-state index contributed by atoms with van der Waals surface area (Å²) in [6.45, 7) is 3.95. The minimum atomic E-state index is -0.450. The highest BCUT2D eigenvalue weighted by atomic mass is 35.5. The second kappa shape index (κ2) is 7.87. The molecule has 1 heterocycles. The minimum absolute atomic E-state index is 0. The standard InChI is InChI=1S/C18H19N3O2.2ClH/c1-18(2,19)13-7-4-11(5-8-13)12-6-9-15-14(10-12)16(21-20-15)17(22)23-3;;/h4-10H,19H2,1-3H3,(H,20,21);2*1H. The summed E-state index contributed by atoms with van der Waals surface area (Å²) >= 11 is 0. The van der Waals surface area contributed by atoms with Crippen molar-refractivity contribution < 1.29 is 9.53 Å². The normalized spacial score (nSPS) is 10.7. The summed E-state index contributed by atoms with van der Waals surface area (Å²) in [6.07, 6.45) is 0. The number of H-pyrrole nitrogens is 1. The Morgan fingerprint density at radius 2 is 1.68 bits per heavy atom. The molecule has 3 rings (SSSR count). The number of hydrogen-bond donors (Lipinski definition) is 2. The quantitative estimate of drug-likeness (QED) is 0.670. The van der Waals surface area contributed by atoms with E-state index < -0.39 is 5.97 Å². The van der Waals surface area contributed by atoms with Crippen LogP contribution in [0.5, 0.6) is 0 Å². The van der Waals surface area contributed by atoms with E-state index in [2.05, 4.69) is 10.2 Å². The zero-order chi connectivity index (χ0) is 16.6. The van der Waals surface area contributed by atoms with Crippen LogP contribution in [0.3, 0.4) is 0 Å². The minimum Gasteiger partial charge on any atom is -0.464 e. The summed E-state index contributed by atoms with van der Waals surface area (Å²) < 4.78 is 4.77. The Hall–Kier alpha value is -2.08. The van der Waals surface area contributed by atoms with Crippen molar-refractivity contribution in [1.82, 2.24) is 10.2 Å². The lowest BCUT2D eigenvalue weighted by atomic mass is 9.93. The van der Waals surface area contributed by atoms with E-state index in [4.69, 9.17) is 10.5 Å². The van der Waals surface area contributed by atoms with Crippen LogP contribution in [0, 0.1) is 0 Å². The molecule has 0 aliphatic heterocycles. The molecule has 0 fully saturated rings. The summed E-state index contributed by atoms with van der Waals surface area (Å²) in [5.74, 6) is -0.450. The number of benzene rings is 2. The molecule has 0 aliphatic rings. The molecule has 5 nitrogen and oxygen atoms in total. The van der Waals surface area contributed by atoms with E-state index >= 15 is 0 Å². The van der Waals surface area contributed by atoms with E-state index in [0.29, 0.717) is 5.69 Å². The number of carbonyl (C=O) groups is 1. The predicted molar refractivity (Wildman–Crippen MR) is 105 cm³/mol. The topological polar surface area (TPSA) is 81.0 Å². The number of fused-ring (bicyclic) bond motifs is 1. The van der Waals surface area contributed by atoms with E-state index in [9.17, 15) is 4.79 Å². The van der Waals surface area contributed by atoms with Gasteiger partial charge in [0.15, 0.2) is 5.69 Å². The molecule has 0 saturated carbocycles. The molecule has 0 atom stereocenters. The molecular formula is C18H21Cl2N3O2. The van der Waals surface area contributed by atoms with Crippen LogP contribution in [-0.2, 0) is 10.3 Å². The number of nitrogens with two attached hydrogens (primary N) is 1. The third kappa shape index (κ3) is 4.12. The van der Waals surface area contributed by atoms with E-state index in [-0.39, 0.29) is 30.4 Å². The zero-order valence-corrected chi connectivity index (χ0v) is 15.8. The number of hydrogen-bond acceptors (Lipinski definition) is 4. The maximum atomic E-state index is 11.8. The van der Waals surface area contributed by atoms with Gasteiger partial charge >= 0.3 is 5.97 Å². The lowest BCUT2D eigenvalue weighted by Crippen LogP contribution is -2.28. The van der Waals surface area contributed by atoms with Gasteiger partial charge in [-0.25, -0.2) is 4.79 Å². The molecule has 3 N–H and O–H groups in total. The summed E-state index contributed by atoms with van der Waals surface area (Å²) in [5, 5.41) is 7.62. The summed E-state index contributed by atoms with van der Waals surface area (Å²) in [6, 6.07) is 13.9. The highest BCUT2D eigenvalue weighted by Crippen LogP contribution is 2.27. The van der Waals surface area contributed by atoms with E-state index in [1.54, 1.807) is 0 Å².